The second-order valence-corrected chi connectivity index (χ2v) is 4.39. The van der Waals surface area contributed by atoms with Gasteiger partial charge in [-0.25, -0.2) is 0 Å². The van der Waals surface area contributed by atoms with Crippen molar-refractivity contribution in [2.75, 3.05) is 6.54 Å². The SMILES string of the molecule is O=C(NCc1ccc(OC(F)F)cc1)[C@H]1CCCN1. The summed E-state index contributed by atoms with van der Waals surface area (Å²) in [6.45, 7) is -1.57. The first-order valence-corrected chi connectivity index (χ1v) is 6.20. The van der Waals surface area contributed by atoms with Crippen molar-refractivity contribution < 1.29 is 18.3 Å². The van der Waals surface area contributed by atoms with Crippen LogP contribution in [0.1, 0.15) is 18.4 Å². The molecule has 0 aromatic heterocycles. The minimum atomic E-state index is -2.82. The number of hydrogen-bond acceptors (Lipinski definition) is 3. The molecule has 1 aliphatic rings. The summed E-state index contributed by atoms with van der Waals surface area (Å²) in [5.41, 5.74) is 0.841. The third kappa shape index (κ3) is 4.17. The van der Waals surface area contributed by atoms with Crippen molar-refractivity contribution >= 4 is 5.91 Å². The molecule has 1 heterocycles. The summed E-state index contributed by atoms with van der Waals surface area (Å²) in [5.74, 6) is 0.0907. The molecular weight excluding hydrogens is 254 g/mol. The smallest absolute Gasteiger partial charge is 0.387 e. The van der Waals surface area contributed by atoms with Crippen LogP contribution in [0.4, 0.5) is 8.78 Å². The maximum absolute atomic E-state index is 12.0. The molecule has 1 saturated heterocycles. The van der Waals surface area contributed by atoms with Crippen molar-refractivity contribution in [2.45, 2.75) is 32.0 Å². The molecule has 0 unspecified atom stereocenters. The molecule has 1 aromatic rings. The monoisotopic (exact) mass is 270 g/mol. The predicted octanol–water partition coefficient (Wildman–Crippen LogP) is 1.66. The summed E-state index contributed by atoms with van der Waals surface area (Å²) in [6.07, 6.45) is 1.87. The zero-order chi connectivity index (χ0) is 13.7. The van der Waals surface area contributed by atoms with Gasteiger partial charge < -0.3 is 15.4 Å². The molecule has 0 aliphatic carbocycles. The number of nitrogens with one attached hydrogen (secondary N) is 2. The van der Waals surface area contributed by atoms with Gasteiger partial charge in [-0.05, 0) is 37.1 Å². The lowest BCUT2D eigenvalue weighted by Gasteiger charge is -2.11. The van der Waals surface area contributed by atoms with Crippen LogP contribution in [0.15, 0.2) is 24.3 Å². The molecule has 19 heavy (non-hydrogen) atoms. The quantitative estimate of drug-likeness (QED) is 0.855. The zero-order valence-corrected chi connectivity index (χ0v) is 10.4. The molecule has 6 heteroatoms. The van der Waals surface area contributed by atoms with Gasteiger partial charge in [-0.15, -0.1) is 0 Å². The Morgan fingerprint density at radius 2 is 2.16 bits per heavy atom. The van der Waals surface area contributed by atoms with E-state index in [9.17, 15) is 13.6 Å². The highest BCUT2D eigenvalue weighted by Crippen LogP contribution is 2.15. The van der Waals surface area contributed by atoms with Crippen LogP contribution < -0.4 is 15.4 Å². The van der Waals surface area contributed by atoms with E-state index in [1.165, 1.54) is 12.1 Å². The first kappa shape index (κ1) is 13.7. The van der Waals surface area contributed by atoms with Crippen LogP contribution in [-0.4, -0.2) is 25.1 Å². The highest BCUT2D eigenvalue weighted by molar-refractivity contribution is 5.81. The van der Waals surface area contributed by atoms with Gasteiger partial charge in [0.05, 0.1) is 6.04 Å². The maximum atomic E-state index is 12.0. The van der Waals surface area contributed by atoms with Crippen LogP contribution >= 0.6 is 0 Å². The summed E-state index contributed by atoms with van der Waals surface area (Å²) >= 11 is 0. The molecule has 104 valence electrons. The molecule has 1 aromatic carbocycles. The van der Waals surface area contributed by atoms with Crippen molar-refractivity contribution in [1.29, 1.82) is 0 Å². The Hall–Kier alpha value is -1.69. The molecule has 1 amide bonds. The van der Waals surface area contributed by atoms with E-state index >= 15 is 0 Å². The minimum Gasteiger partial charge on any atom is -0.435 e. The highest BCUT2D eigenvalue weighted by atomic mass is 19.3. The lowest BCUT2D eigenvalue weighted by Crippen LogP contribution is -2.39. The average Bonchev–Trinajstić information content (AvgIpc) is 2.91. The Kier molecular flexibility index (Phi) is 4.68. The number of carbonyl (C=O) groups is 1. The molecule has 2 N–H and O–H groups in total. The van der Waals surface area contributed by atoms with Gasteiger partial charge in [0.2, 0.25) is 5.91 Å². The number of hydrogen-bond donors (Lipinski definition) is 2. The number of alkyl halides is 2. The summed E-state index contributed by atoms with van der Waals surface area (Å²) in [4.78, 5) is 11.7. The number of ether oxygens (including phenoxy) is 1. The number of carbonyl (C=O) groups excluding carboxylic acids is 1. The summed E-state index contributed by atoms with van der Waals surface area (Å²) in [7, 11) is 0. The van der Waals surface area contributed by atoms with Crippen LogP contribution in [0.2, 0.25) is 0 Å². The van der Waals surface area contributed by atoms with Crippen molar-refractivity contribution in [3.05, 3.63) is 29.8 Å². The molecule has 1 fully saturated rings. The largest absolute Gasteiger partial charge is 0.435 e. The van der Waals surface area contributed by atoms with Gasteiger partial charge in [0.1, 0.15) is 5.75 Å². The van der Waals surface area contributed by atoms with E-state index < -0.39 is 6.61 Å². The standard InChI is InChI=1S/C13H16F2N2O2/c14-13(15)19-10-5-3-9(4-6-10)8-17-12(18)11-2-1-7-16-11/h3-6,11,13,16H,1-2,7-8H2,(H,17,18)/t11-/m1/s1. The van der Waals surface area contributed by atoms with Gasteiger partial charge in [0.25, 0.3) is 0 Å². The minimum absolute atomic E-state index is 0.0228. The summed E-state index contributed by atoms with van der Waals surface area (Å²) in [6, 6.07) is 6.12. The van der Waals surface area contributed by atoms with E-state index in [0.29, 0.717) is 6.54 Å². The van der Waals surface area contributed by atoms with Crippen molar-refractivity contribution in [3.63, 3.8) is 0 Å². The Morgan fingerprint density at radius 3 is 2.74 bits per heavy atom. The molecule has 2 rings (SSSR count). The Bertz CT molecular complexity index is 417. The number of amides is 1. The first-order valence-electron chi connectivity index (χ1n) is 6.20. The Morgan fingerprint density at radius 1 is 1.42 bits per heavy atom. The first-order chi connectivity index (χ1) is 9.15. The van der Waals surface area contributed by atoms with Gasteiger partial charge in [-0.3, -0.25) is 4.79 Å². The Balaban J connectivity index is 1.80. The zero-order valence-electron chi connectivity index (χ0n) is 10.4. The second-order valence-electron chi connectivity index (χ2n) is 4.39. The molecule has 0 saturated carbocycles. The van der Waals surface area contributed by atoms with E-state index in [-0.39, 0.29) is 17.7 Å². The summed E-state index contributed by atoms with van der Waals surface area (Å²) in [5, 5.41) is 5.92. The lowest BCUT2D eigenvalue weighted by atomic mass is 10.2. The van der Waals surface area contributed by atoms with Crippen LogP contribution in [0, 0.1) is 0 Å². The van der Waals surface area contributed by atoms with Crippen molar-refractivity contribution in [1.82, 2.24) is 10.6 Å². The van der Waals surface area contributed by atoms with Crippen LogP contribution in [0.25, 0.3) is 0 Å². The normalized spacial score (nSPS) is 18.6. The fourth-order valence-corrected chi connectivity index (χ4v) is 2.01. The molecule has 1 aliphatic heterocycles. The van der Waals surface area contributed by atoms with E-state index in [2.05, 4.69) is 15.4 Å². The highest BCUT2D eigenvalue weighted by Gasteiger charge is 2.21. The lowest BCUT2D eigenvalue weighted by molar-refractivity contribution is -0.122. The number of benzene rings is 1. The van der Waals surface area contributed by atoms with Gasteiger partial charge in [0.15, 0.2) is 0 Å². The van der Waals surface area contributed by atoms with Crippen LogP contribution in [0.5, 0.6) is 5.75 Å². The maximum Gasteiger partial charge on any atom is 0.387 e. The molecule has 0 radical (unpaired) electrons. The Labute approximate surface area is 110 Å². The van der Waals surface area contributed by atoms with Gasteiger partial charge in [-0.2, -0.15) is 8.78 Å². The van der Waals surface area contributed by atoms with E-state index in [1.54, 1.807) is 12.1 Å². The van der Waals surface area contributed by atoms with Crippen molar-refractivity contribution in [2.24, 2.45) is 0 Å². The number of rotatable bonds is 5. The van der Waals surface area contributed by atoms with E-state index in [0.717, 1.165) is 24.9 Å². The van der Waals surface area contributed by atoms with E-state index in [1.807, 2.05) is 0 Å². The molecule has 1 atom stereocenters. The van der Waals surface area contributed by atoms with Crippen LogP contribution in [0.3, 0.4) is 0 Å². The average molecular weight is 270 g/mol. The molecule has 4 nitrogen and oxygen atoms in total. The predicted molar refractivity (Wildman–Crippen MR) is 65.9 cm³/mol. The number of halogens is 2. The molecular formula is C13H16F2N2O2. The van der Waals surface area contributed by atoms with Crippen LogP contribution in [-0.2, 0) is 11.3 Å². The summed E-state index contributed by atoms with van der Waals surface area (Å²) < 4.78 is 28.2. The van der Waals surface area contributed by atoms with Gasteiger partial charge in [-0.1, -0.05) is 12.1 Å². The van der Waals surface area contributed by atoms with Gasteiger partial charge >= 0.3 is 6.61 Å². The molecule has 0 spiro atoms. The van der Waals surface area contributed by atoms with Gasteiger partial charge in [0, 0.05) is 6.54 Å². The van der Waals surface area contributed by atoms with Crippen molar-refractivity contribution in [3.8, 4) is 5.75 Å². The fourth-order valence-electron chi connectivity index (χ4n) is 2.01. The third-order valence-electron chi connectivity index (χ3n) is 2.99. The topological polar surface area (TPSA) is 50.4 Å². The third-order valence-corrected chi connectivity index (χ3v) is 2.99. The molecule has 0 bridgehead atoms. The second kappa shape index (κ2) is 6.47. The van der Waals surface area contributed by atoms with E-state index in [4.69, 9.17) is 0 Å². The fraction of sp³-hybridized carbons (Fsp3) is 0.462.